The molecule has 7 heteroatoms. The quantitative estimate of drug-likeness (QED) is 0.490. The van der Waals surface area contributed by atoms with Crippen molar-refractivity contribution < 1.29 is 19.1 Å². The Bertz CT molecular complexity index is 868. The van der Waals surface area contributed by atoms with E-state index in [9.17, 15) is 9.59 Å². The van der Waals surface area contributed by atoms with Crippen LogP contribution in [0.2, 0.25) is 0 Å². The van der Waals surface area contributed by atoms with E-state index in [1.807, 2.05) is 18.2 Å². The van der Waals surface area contributed by atoms with Crippen LogP contribution in [0.5, 0.6) is 0 Å². The standard InChI is InChI=1S/C18H17N3O4/c1-3-24-17(22)13(10-19)11-20-16-14(18(23)25-4-2)9-12-7-5-6-8-15(12)21-16/h5-9,11H,3-4H2,1-2H3,(H,20,21). The Morgan fingerprint density at radius 1 is 1.24 bits per heavy atom. The first kappa shape index (κ1) is 17.9. The topological polar surface area (TPSA) is 101 Å². The van der Waals surface area contributed by atoms with E-state index in [1.165, 1.54) is 0 Å². The molecule has 1 aromatic carbocycles. The largest absolute Gasteiger partial charge is 0.462 e. The van der Waals surface area contributed by atoms with Crippen molar-refractivity contribution in [2.75, 3.05) is 18.5 Å². The van der Waals surface area contributed by atoms with Gasteiger partial charge in [0.25, 0.3) is 0 Å². The minimum atomic E-state index is -0.754. The molecule has 0 spiro atoms. The van der Waals surface area contributed by atoms with E-state index in [-0.39, 0.29) is 30.2 Å². The molecule has 0 atom stereocenters. The average molecular weight is 339 g/mol. The molecule has 0 saturated carbocycles. The molecule has 2 rings (SSSR count). The number of carbonyl (C=O) groups is 2. The maximum absolute atomic E-state index is 12.2. The maximum atomic E-state index is 12.2. The van der Waals surface area contributed by atoms with E-state index in [2.05, 4.69) is 10.3 Å². The van der Waals surface area contributed by atoms with Gasteiger partial charge in [-0.3, -0.25) is 0 Å². The van der Waals surface area contributed by atoms with Gasteiger partial charge in [-0.05, 0) is 26.0 Å². The second kappa shape index (κ2) is 8.45. The lowest BCUT2D eigenvalue weighted by Crippen LogP contribution is -2.11. The van der Waals surface area contributed by atoms with E-state index in [4.69, 9.17) is 14.7 Å². The Hall–Kier alpha value is -3.40. The number of nitriles is 1. The van der Waals surface area contributed by atoms with Crippen LogP contribution in [0.4, 0.5) is 5.82 Å². The van der Waals surface area contributed by atoms with Crippen LogP contribution >= 0.6 is 0 Å². The number of hydrogen-bond donors (Lipinski definition) is 1. The summed E-state index contributed by atoms with van der Waals surface area (Å²) in [5.41, 5.74) is 0.630. The molecular weight excluding hydrogens is 322 g/mol. The number of fused-ring (bicyclic) bond motifs is 1. The van der Waals surface area contributed by atoms with E-state index in [0.717, 1.165) is 11.6 Å². The van der Waals surface area contributed by atoms with Crippen LogP contribution < -0.4 is 5.32 Å². The van der Waals surface area contributed by atoms with Crippen LogP contribution in [0.15, 0.2) is 42.1 Å². The third-order valence-corrected chi connectivity index (χ3v) is 3.19. The van der Waals surface area contributed by atoms with Crippen LogP contribution in [0.25, 0.3) is 10.9 Å². The van der Waals surface area contributed by atoms with Crippen molar-refractivity contribution in [1.29, 1.82) is 5.26 Å². The third kappa shape index (κ3) is 4.32. The molecule has 0 aliphatic carbocycles. The Morgan fingerprint density at radius 2 is 1.96 bits per heavy atom. The number of aromatic nitrogens is 1. The molecule has 0 saturated heterocycles. The van der Waals surface area contributed by atoms with Crippen molar-refractivity contribution in [1.82, 2.24) is 4.98 Å². The fourth-order valence-electron chi connectivity index (χ4n) is 2.08. The van der Waals surface area contributed by atoms with Crippen LogP contribution in [0.3, 0.4) is 0 Å². The van der Waals surface area contributed by atoms with Gasteiger partial charge in [0.1, 0.15) is 17.5 Å². The first-order valence-corrected chi connectivity index (χ1v) is 7.71. The number of esters is 2. The number of ether oxygens (including phenoxy) is 2. The summed E-state index contributed by atoms with van der Waals surface area (Å²) in [4.78, 5) is 28.2. The summed E-state index contributed by atoms with van der Waals surface area (Å²) in [6, 6.07) is 10.7. The SMILES string of the molecule is CCOC(=O)C(C#N)=CNc1nc2ccccc2cc1C(=O)OCC. The van der Waals surface area contributed by atoms with Crippen molar-refractivity contribution in [2.45, 2.75) is 13.8 Å². The summed E-state index contributed by atoms with van der Waals surface area (Å²) in [6.07, 6.45) is 1.16. The molecule has 1 aromatic heterocycles. The van der Waals surface area contributed by atoms with E-state index in [1.54, 1.807) is 32.0 Å². The molecule has 2 aromatic rings. The van der Waals surface area contributed by atoms with Crippen molar-refractivity contribution in [3.05, 3.63) is 47.7 Å². The molecule has 1 N–H and O–H groups in total. The third-order valence-electron chi connectivity index (χ3n) is 3.19. The lowest BCUT2D eigenvalue weighted by Gasteiger charge is -2.10. The van der Waals surface area contributed by atoms with Crippen molar-refractivity contribution >= 4 is 28.7 Å². The molecule has 128 valence electrons. The van der Waals surface area contributed by atoms with Crippen molar-refractivity contribution in [3.8, 4) is 6.07 Å². The summed E-state index contributed by atoms with van der Waals surface area (Å²) < 4.78 is 9.83. The normalized spacial score (nSPS) is 10.8. The van der Waals surface area contributed by atoms with E-state index >= 15 is 0 Å². The zero-order chi connectivity index (χ0) is 18.2. The molecule has 7 nitrogen and oxygen atoms in total. The molecule has 1 heterocycles. The molecule has 0 radical (unpaired) electrons. The van der Waals surface area contributed by atoms with Crippen LogP contribution in [0, 0.1) is 11.3 Å². The molecule has 0 amide bonds. The van der Waals surface area contributed by atoms with Gasteiger partial charge in [0.2, 0.25) is 0 Å². The van der Waals surface area contributed by atoms with Gasteiger partial charge in [0.15, 0.2) is 5.57 Å². The lowest BCUT2D eigenvalue weighted by atomic mass is 10.1. The number of benzene rings is 1. The summed E-state index contributed by atoms with van der Waals surface area (Å²) in [5, 5.41) is 12.6. The summed E-state index contributed by atoms with van der Waals surface area (Å²) in [5.74, 6) is -1.11. The molecule has 0 aliphatic heterocycles. The molecule has 0 bridgehead atoms. The van der Waals surface area contributed by atoms with Crippen LogP contribution in [-0.4, -0.2) is 30.1 Å². The predicted molar refractivity (Wildman–Crippen MR) is 91.7 cm³/mol. The second-order valence-electron chi connectivity index (χ2n) is 4.83. The number of para-hydroxylation sites is 1. The first-order valence-electron chi connectivity index (χ1n) is 7.71. The number of anilines is 1. The van der Waals surface area contributed by atoms with Crippen LogP contribution in [-0.2, 0) is 14.3 Å². The van der Waals surface area contributed by atoms with Crippen LogP contribution in [0.1, 0.15) is 24.2 Å². The highest BCUT2D eigenvalue weighted by Crippen LogP contribution is 2.21. The number of nitrogens with zero attached hydrogens (tertiary/aromatic N) is 2. The Morgan fingerprint density at radius 3 is 2.64 bits per heavy atom. The van der Waals surface area contributed by atoms with E-state index < -0.39 is 11.9 Å². The highest BCUT2D eigenvalue weighted by molar-refractivity contribution is 5.99. The zero-order valence-corrected chi connectivity index (χ0v) is 13.9. The summed E-state index contributed by atoms with van der Waals surface area (Å²) in [7, 11) is 0. The smallest absolute Gasteiger partial charge is 0.350 e. The summed E-state index contributed by atoms with van der Waals surface area (Å²) >= 11 is 0. The second-order valence-corrected chi connectivity index (χ2v) is 4.83. The van der Waals surface area contributed by atoms with Gasteiger partial charge >= 0.3 is 11.9 Å². The molecule has 25 heavy (non-hydrogen) atoms. The zero-order valence-electron chi connectivity index (χ0n) is 13.9. The average Bonchev–Trinajstić information content (AvgIpc) is 2.62. The highest BCUT2D eigenvalue weighted by Gasteiger charge is 2.16. The molecule has 0 fully saturated rings. The predicted octanol–water partition coefficient (Wildman–Crippen LogP) is 2.79. The monoisotopic (exact) mass is 339 g/mol. The Labute approximate surface area is 144 Å². The van der Waals surface area contributed by atoms with Gasteiger partial charge in [-0.15, -0.1) is 0 Å². The highest BCUT2D eigenvalue weighted by atomic mass is 16.5. The number of hydrogen-bond acceptors (Lipinski definition) is 7. The van der Waals surface area contributed by atoms with Gasteiger partial charge in [0, 0.05) is 11.6 Å². The minimum absolute atomic E-state index is 0.153. The lowest BCUT2D eigenvalue weighted by molar-refractivity contribution is -0.138. The maximum Gasteiger partial charge on any atom is 0.350 e. The van der Waals surface area contributed by atoms with Gasteiger partial charge in [-0.1, -0.05) is 18.2 Å². The summed E-state index contributed by atoms with van der Waals surface area (Å²) in [6.45, 7) is 3.71. The van der Waals surface area contributed by atoms with E-state index in [0.29, 0.717) is 5.52 Å². The minimum Gasteiger partial charge on any atom is -0.462 e. The van der Waals surface area contributed by atoms with Gasteiger partial charge in [0.05, 0.1) is 18.7 Å². The van der Waals surface area contributed by atoms with Gasteiger partial charge < -0.3 is 14.8 Å². The fourth-order valence-corrected chi connectivity index (χ4v) is 2.08. The number of nitrogens with one attached hydrogen (secondary N) is 1. The first-order chi connectivity index (χ1) is 12.1. The molecule has 0 unspecified atom stereocenters. The van der Waals surface area contributed by atoms with Crippen molar-refractivity contribution in [2.24, 2.45) is 0 Å². The van der Waals surface area contributed by atoms with Crippen molar-refractivity contribution in [3.63, 3.8) is 0 Å². The molecular formula is C18H17N3O4. The number of carbonyl (C=O) groups excluding carboxylic acids is 2. The molecule has 0 aliphatic rings. The number of pyridine rings is 1. The Balaban J connectivity index is 2.44. The van der Waals surface area contributed by atoms with Gasteiger partial charge in [-0.2, -0.15) is 5.26 Å². The van der Waals surface area contributed by atoms with Gasteiger partial charge in [-0.25, -0.2) is 14.6 Å². The number of rotatable bonds is 6. The Kier molecular flexibility index (Phi) is 6.07. The fraction of sp³-hybridized carbons (Fsp3) is 0.222.